The number of phenols is 1. The van der Waals surface area contributed by atoms with Crippen molar-refractivity contribution < 1.29 is 14.6 Å². The van der Waals surface area contributed by atoms with Crippen LogP contribution in [0.1, 0.15) is 43.7 Å². The summed E-state index contributed by atoms with van der Waals surface area (Å²) in [5.74, 6) is 0.345. The molecule has 5 rings (SSSR count). The van der Waals surface area contributed by atoms with Crippen molar-refractivity contribution in [1.29, 1.82) is 0 Å². The summed E-state index contributed by atoms with van der Waals surface area (Å²) in [4.78, 5) is 14.9. The highest BCUT2D eigenvalue weighted by Crippen LogP contribution is 2.34. The van der Waals surface area contributed by atoms with E-state index in [0.29, 0.717) is 12.2 Å². The van der Waals surface area contributed by atoms with Crippen LogP contribution in [-0.4, -0.2) is 41.8 Å². The number of nitrogens with one attached hydrogen (secondary N) is 1. The molecular formula is C34H34ClN3O3. The first-order valence-corrected chi connectivity index (χ1v) is 14.1. The molecule has 0 saturated heterocycles. The van der Waals surface area contributed by atoms with E-state index in [1.165, 1.54) is 40.5 Å². The average Bonchev–Trinajstić information content (AvgIpc) is 2.96. The largest absolute Gasteiger partial charge is 0.506 e. The number of phenolic OH excluding ortho intramolecular Hbond substituents is 1. The molecule has 0 bridgehead atoms. The Kier molecular flexibility index (Phi) is 8.72. The van der Waals surface area contributed by atoms with Gasteiger partial charge in [0.05, 0.1) is 11.2 Å². The summed E-state index contributed by atoms with van der Waals surface area (Å²) in [6.45, 7) is 9.79. The molecule has 0 unspecified atom stereocenters. The molecule has 1 aliphatic rings. The van der Waals surface area contributed by atoms with Crippen LogP contribution >= 0.6 is 11.6 Å². The zero-order valence-electron chi connectivity index (χ0n) is 23.6. The third-order valence-electron chi connectivity index (χ3n) is 7.53. The van der Waals surface area contributed by atoms with Gasteiger partial charge in [0.2, 0.25) is 0 Å². The number of nitrogens with zero attached hydrogens (tertiary/aromatic N) is 2. The SMILES string of the molecule is Cc1cc2c(cc1C)CN(CCOc1c(C)cc(/C=N/NC(=O)c3ccc(O)c(Cl)c3)cc1-c1ccccc1)CC2. The van der Waals surface area contributed by atoms with Crippen LogP contribution in [0.5, 0.6) is 11.5 Å². The maximum Gasteiger partial charge on any atom is 0.271 e. The molecule has 41 heavy (non-hydrogen) atoms. The highest BCUT2D eigenvalue weighted by molar-refractivity contribution is 6.32. The van der Waals surface area contributed by atoms with E-state index in [2.05, 4.69) is 53.5 Å². The maximum absolute atomic E-state index is 12.5. The Labute approximate surface area is 246 Å². The molecule has 0 saturated carbocycles. The lowest BCUT2D eigenvalue weighted by Gasteiger charge is -2.29. The minimum absolute atomic E-state index is 0.0793. The predicted molar refractivity (Wildman–Crippen MR) is 165 cm³/mol. The molecule has 6 nitrogen and oxygen atoms in total. The van der Waals surface area contributed by atoms with Crippen molar-refractivity contribution >= 4 is 23.7 Å². The molecule has 4 aromatic rings. The first-order valence-electron chi connectivity index (χ1n) is 13.7. The van der Waals surface area contributed by atoms with Gasteiger partial charge >= 0.3 is 0 Å². The van der Waals surface area contributed by atoms with Gasteiger partial charge in [0.25, 0.3) is 5.91 Å². The standard InChI is InChI=1S/C34H34ClN3O3/c1-22-16-27-11-12-38(21-29(27)17-23(22)2)13-14-41-33-24(3)15-25(18-30(33)26-7-5-4-6-8-26)20-36-37-34(40)28-9-10-32(39)31(35)19-28/h4-10,15-20,39H,11-14,21H2,1-3H3,(H,37,40)/b36-20+. The number of fused-ring (bicyclic) bond motifs is 1. The summed E-state index contributed by atoms with van der Waals surface area (Å²) in [7, 11) is 0. The van der Waals surface area contributed by atoms with Gasteiger partial charge in [-0.15, -0.1) is 0 Å². The number of rotatable bonds is 8. The van der Waals surface area contributed by atoms with Gasteiger partial charge in [-0.05, 0) is 96.5 Å². The fourth-order valence-corrected chi connectivity index (χ4v) is 5.34. The monoisotopic (exact) mass is 567 g/mol. The summed E-state index contributed by atoms with van der Waals surface area (Å²) >= 11 is 5.92. The number of aromatic hydroxyl groups is 1. The van der Waals surface area contributed by atoms with Crippen molar-refractivity contribution in [3.63, 3.8) is 0 Å². The van der Waals surface area contributed by atoms with E-state index in [0.717, 1.165) is 54.1 Å². The lowest BCUT2D eigenvalue weighted by atomic mass is 9.94. The van der Waals surface area contributed by atoms with Crippen LogP contribution < -0.4 is 10.2 Å². The molecule has 0 radical (unpaired) electrons. The van der Waals surface area contributed by atoms with Crippen molar-refractivity contribution in [2.24, 2.45) is 5.10 Å². The van der Waals surface area contributed by atoms with Crippen LogP contribution in [0.25, 0.3) is 11.1 Å². The third kappa shape index (κ3) is 6.79. The number of ether oxygens (including phenoxy) is 1. The average molecular weight is 568 g/mol. The molecule has 0 spiro atoms. The highest BCUT2D eigenvalue weighted by atomic mass is 35.5. The Balaban J connectivity index is 1.29. The van der Waals surface area contributed by atoms with Crippen LogP contribution in [0, 0.1) is 20.8 Å². The molecule has 1 amide bonds. The van der Waals surface area contributed by atoms with Gasteiger partial charge < -0.3 is 9.84 Å². The molecule has 210 valence electrons. The van der Waals surface area contributed by atoms with E-state index in [1.54, 1.807) is 6.21 Å². The fraction of sp³-hybridized carbons (Fsp3) is 0.235. The Morgan fingerprint density at radius 1 is 1.00 bits per heavy atom. The summed E-state index contributed by atoms with van der Waals surface area (Å²) in [6, 6.07) is 23.1. The molecule has 1 heterocycles. The topological polar surface area (TPSA) is 74.2 Å². The number of aryl methyl sites for hydroxylation is 3. The minimum atomic E-state index is -0.422. The molecule has 7 heteroatoms. The van der Waals surface area contributed by atoms with Gasteiger partial charge in [-0.25, -0.2) is 5.43 Å². The number of hydrazone groups is 1. The van der Waals surface area contributed by atoms with Gasteiger partial charge in [0.15, 0.2) is 0 Å². The third-order valence-corrected chi connectivity index (χ3v) is 7.84. The Morgan fingerprint density at radius 3 is 2.51 bits per heavy atom. The number of amides is 1. The first-order chi connectivity index (χ1) is 19.8. The number of carbonyl (C=O) groups is 1. The second kappa shape index (κ2) is 12.6. The lowest BCUT2D eigenvalue weighted by molar-refractivity contribution is 0.0955. The smallest absolute Gasteiger partial charge is 0.271 e. The molecule has 0 fully saturated rings. The number of carbonyl (C=O) groups excluding carboxylic acids is 1. The van der Waals surface area contributed by atoms with Crippen molar-refractivity contribution in [3.8, 4) is 22.6 Å². The normalized spacial score (nSPS) is 13.3. The number of hydrogen-bond acceptors (Lipinski definition) is 5. The van der Waals surface area contributed by atoms with Crippen LogP contribution in [0.15, 0.2) is 77.9 Å². The summed E-state index contributed by atoms with van der Waals surface area (Å²) < 4.78 is 6.44. The second-order valence-electron chi connectivity index (χ2n) is 10.5. The predicted octanol–water partition coefficient (Wildman–Crippen LogP) is 6.84. The Morgan fingerprint density at radius 2 is 1.76 bits per heavy atom. The molecule has 0 aliphatic carbocycles. The van der Waals surface area contributed by atoms with Crippen LogP contribution in [0.3, 0.4) is 0 Å². The fourth-order valence-electron chi connectivity index (χ4n) is 5.16. The van der Waals surface area contributed by atoms with E-state index in [9.17, 15) is 9.90 Å². The number of benzene rings is 4. The zero-order valence-corrected chi connectivity index (χ0v) is 24.3. The van der Waals surface area contributed by atoms with E-state index in [-0.39, 0.29) is 10.8 Å². The van der Waals surface area contributed by atoms with Crippen LogP contribution in [-0.2, 0) is 13.0 Å². The highest BCUT2D eigenvalue weighted by Gasteiger charge is 2.18. The van der Waals surface area contributed by atoms with E-state index in [4.69, 9.17) is 16.3 Å². The van der Waals surface area contributed by atoms with Gasteiger partial charge in [0.1, 0.15) is 18.1 Å². The van der Waals surface area contributed by atoms with Gasteiger partial charge in [0, 0.05) is 30.8 Å². The van der Waals surface area contributed by atoms with Gasteiger partial charge in [-0.2, -0.15) is 5.10 Å². The quantitative estimate of drug-likeness (QED) is 0.181. The molecular weight excluding hydrogens is 534 g/mol. The molecule has 0 atom stereocenters. The lowest BCUT2D eigenvalue weighted by Crippen LogP contribution is -2.34. The van der Waals surface area contributed by atoms with E-state index < -0.39 is 5.91 Å². The van der Waals surface area contributed by atoms with Gasteiger partial charge in [-0.1, -0.05) is 54.1 Å². The number of hydrogen-bond donors (Lipinski definition) is 2. The zero-order chi connectivity index (χ0) is 28.9. The maximum atomic E-state index is 12.5. The Hall–Kier alpha value is -4.13. The van der Waals surface area contributed by atoms with Crippen LogP contribution in [0.2, 0.25) is 5.02 Å². The summed E-state index contributed by atoms with van der Waals surface area (Å²) in [5.41, 5.74) is 12.3. The summed E-state index contributed by atoms with van der Waals surface area (Å²) in [5, 5.41) is 13.8. The van der Waals surface area contributed by atoms with Crippen LogP contribution in [0.4, 0.5) is 0 Å². The van der Waals surface area contributed by atoms with Crippen molar-refractivity contribution in [3.05, 3.63) is 117 Å². The van der Waals surface area contributed by atoms with E-state index in [1.807, 2.05) is 37.3 Å². The molecule has 2 N–H and O–H groups in total. The molecule has 1 aliphatic heterocycles. The second-order valence-corrected chi connectivity index (χ2v) is 10.9. The van der Waals surface area contributed by atoms with Gasteiger partial charge in [-0.3, -0.25) is 9.69 Å². The molecule has 0 aromatic heterocycles. The molecule has 4 aromatic carbocycles. The number of halogens is 1. The van der Waals surface area contributed by atoms with Crippen molar-refractivity contribution in [2.45, 2.75) is 33.7 Å². The first kappa shape index (κ1) is 28.4. The van der Waals surface area contributed by atoms with Crippen molar-refractivity contribution in [2.75, 3.05) is 19.7 Å². The van der Waals surface area contributed by atoms with Crippen molar-refractivity contribution in [1.82, 2.24) is 10.3 Å². The van der Waals surface area contributed by atoms with E-state index >= 15 is 0 Å². The summed E-state index contributed by atoms with van der Waals surface area (Å²) in [6.07, 6.45) is 2.67. The minimum Gasteiger partial charge on any atom is -0.506 e. The Bertz CT molecular complexity index is 1600.